The number of piperidine rings is 1. The molecule has 2 saturated heterocycles. The molecule has 1 aromatic carbocycles. The van der Waals surface area contributed by atoms with Gasteiger partial charge in [-0.1, -0.05) is 12.1 Å². The summed E-state index contributed by atoms with van der Waals surface area (Å²) in [7, 11) is 0. The molecule has 2 aromatic rings. The van der Waals surface area contributed by atoms with Gasteiger partial charge in [-0.3, -0.25) is 9.69 Å². The molecule has 1 atom stereocenters. The number of fused-ring (bicyclic) bond motifs is 1. The first-order valence-electron chi connectivity index (χ1n) is 9.42. The van der Waals surface area contributed by atoms with Gasteiger partial charge in [-0.15, -0.1) is 0 Å². The molecule has 0 aliphatic carbocycles. The summed E-state index contributed by atoms with van der Waals surface area (Å²) in [5.41, 5.74) is 1.92. The molecule has 2 aliphatic heterocycles. The largest absolute Gasteiger partial charge is 0.317 e. The van der Waals surface area contributed by atoms with Gasteiger partial charge in [0.2, 0.25) is 0 Å². The van der Waals surface area contributed by atoms with Crippen LogP contribution in [0.1, 0.15) is 26.2 Å². The molecule has 1 unspecified atom stereocenters. The van der Waals surface area contributed by atoms with Crippen molar-refractivity contribution in [2.45, 2.75) is 32.2 Å². The van der Waals surface area contributed by atoms with E-state index in [1.165, 1.54) is 19.3 Å². The van der Waals surface area contributed by atoms with E-state index in [-0.39, 0.29) is 11.9 Å². The van der Waals surface area contributed by atoms with Gasteiger partial charge < -0.3 is 5.32 Å². The highest BCUT2D eigenvalue weighted by atomic mass is 16.2. The van der Waals surface area contributed by atoms with Crippen molar-refractivity contribution < 1.29 is 4.79 Å². The van der Waals surface area contributed by atoms with Gasteiger partial charge in [0.25, 0.3) is 5.91 Å². The molecule has 4 rings (SSSR count). The summed E-state index contributed by atoms with van der Waals surface area (Å²) in [6.45, 7) is 6.98. The smallest absolute Gasteiger partial charge is 0.258 e. The maximum atomic E-state index is 13.0. The molecule has 1 N–H and O–H groups in total. The lowest BCUT2D eigenvalue weighted by Crippen LogP contribution is -2.59. The van der Waals surface area contributed by atoms with E-state index in [1.807, 2.05) is 40.9 Å². The lowest BCUT2D eigenvalue weighted by molar-refractivity contribution is -0.127. The number of nitrogens with zero attached hydrogens (tertiary/aromatic N) is 4. The van der Waals surface area contributed by atoms with E-state index in [0.29, 0.717) is 0 Å². The van der Waals surface area contributed by atoms with E-state index in [4.69, 9.17) is 0 Å². The zero-order chi connectivity index (χ0) is 17.2. The van der Waals surface area contributed by atoms with E-state index in [1.54, 1.807) is 6.33 Å². The predicted octanol–water partition coefficient (Wildman–Crippen LogP) is 1.59. The number of hydrogen-bond donors (Lipinski definition) is 1. The van der Waals surface area contributed by atoms with Crippen molar-refractivity contribution in [2.75, 3.05) is 37.7 Å². The lowest BCUT2D eigenvalue weighted by Gasteiger charge is -2.40. The molecular weight excluding hydrogens is 314 g/mol. The van der Waals surface area contributed by atoms with Gasteiger partial charge in [0.1, 0.15) is 6.33 Å². The molecular formula is C19H27N5O. The van der Waals surface area contributed by atoms with Gasteiger partial charge >= 0.3 is 0 Å². The van der Waals surface area contributed by atoms with Crippen molar-refractivity contribution in [3.05, 3.63) is 30.6 Å². The fourth-order valence-electron chi connectivity index (χ4n) is 4.08. The zero-order valence-corrected chi connectivity index (χ0v) is 14.9. The van der Waals surface area contributed by atoms with E-state index in [2.05, 4.69) is 15.2 Å². The second kappa shape index (κ2) is 7.14. The van der Waals surface area contributed by atoms with Crippen molar-refractivity contribution in [3.8, 4) is 0 Å². The van der Waals surface area contributed by atoms with Gasteiger partial charge in [-0.2, -0.15) is 0 Å². The van der Waals surface area contributed by atoms with E-state index in [0.717, 1.165) is 49.7 Å². The summed E-state index contributed by atoms with van der Waals surface area (Å²) in [5, 5.41) is 5.27. The Morgan fingerprint density at radius 3 is 2.84 bits per heavy atom. The van der Waals surface area contributed by atoms with Crippen molar-refractivity contribution >= 4 is 16.9 Å². The first kappa shape index (κ1) is 16.5. The average molecular weight is 341 g/mol. The highest BCUT2D eigenvalue weighted by Crippen LogP contribution is 2.20. The minimum absolute atomic E-state index is 0.0726. The molecule has 0 saturated carbocycles. The van der Waals surface area contributed by atoms with Crippen molar-refractivity contribution in [3.63, 3.8) is 0 Å². The number of piperazine rings is 1. The highest BCUT2D eigenvalue weighted by molar-refractivity contribution is 5.93. The molecule has 0 spiro atoms. The van der Waals surface area contributed by atoms with Crippen molar-refractivity contribution in [1.82, 2.24) is 19.9 Å². The third-order valence-corrected chi connectivity index (χ3v) is 5.74. The second-order valence-corrected chi connectivity index (χ2v) is 7.23. The number of imidazole rings is 1. The molecule has 3 heterocycles. The first-order chi connectivity index (χ1) is 12.2. The van der Waals surface area contributed by atoms with Crippen LogP contribution in [0.4, 0.5) is 0 Å². The van der Waals surface area contributed by atoms with Crippen LogP contribution in [0.3, 0.4) is 0 Å². The Balaban J connectivity index is 1.42. The summed E-state index contributed by atoms with van der Waals surface area (Å²) < 4.78 is 1.91. The van der Waals surface area contributed by atoms with Crippen LogP contribution < -0.4 is 10.3 Å². The number of para-hydroxylation sites is 2. The summed E-state index contributed by atoms with van der Waals surface area (Å²) in [4.78, 5) is 19.7. The monoisotopic (exact) mass is 341 g/mol. The Kier molecular flexibility index (Phi) is 4.72. The topological polar surface area (TPSA) is 53.4 Å². The Bertz CT molecular complexity index is 736. The van der Waals surface area contributed by atoms with Crippen LogP contribution in [0.2, 0.25) is 0 Å². The van der Waals surface area contributed by atoms with Crippen LogP contribution in [0, 0.1) is 5.92 Å². The molecule has 0 radical (unpaired) electrons. The molecule has 6 nitrogen and oxygen atoms in total. The van der Waals surface area contributed by atoms with Gasteiger partial charge in [-0.25, -0.2) is 14.7 Å². The van der Waals surface area contributed by atoms with E-state index in [9.17, 15) is 4.79 Å². The molecule has 0 bridgehead atoms. The van der Waals surface area contributed by atoms with Crippen LogP contribution in [0.5, 0.6) is 0 Å². The minimum Gasteiger partial charge on any atom is -0.317 e. The van der Waals surface area contributed by atoms with Crippen LogP contribution >= 0.6 is 0 Å². The fourth-order valence-corrected chi connectivity index (χ4v) is 4.08. The molecule has 2 fully saturated rings. The number of aromatic nitrogens is 2. The predicted molar refractivity (Wildman–Crippen MR) is 99.1 cm³/mol. The summed E-state index contributed by atoms with van der Waals surface area (Å²) >= 11 is 0. The lowest BCUT2D eigenvalue weighted by atomic mass is 9.94. The third kappa shape index (κ3) is 3.28. The first-order valence-corrected chi connectivity index (χ1v) is 9.42. The Morgan fingerprint density at radius 2 is 2.00 bits per heavy atom. The van der Waals surface area contributed by atoms with Crippen molar-refractivity contribution in [1.29, 1.82) is 0 Å². The molecule has 1 amide bonds. The maximum Gasteiger partial charge on any atom is 0.258 e. The Labute approximate surface area is 148 Å². The number of rotatable bonds is 4. The summed E-state index contributed by atoms with van der Waals surface area (Å²) in [6.07, 6.45) is 5.50. The highest BCUT2D eigenvalue weighted by Gasteiger charge is 2.33. The van der Waals surface area contributed by atoms with E-state index < -0.39 is 0 Å². The second-order valence-electron chi connectivity index (χ2n) is 7.23. The summed E-state index contributed by atoms with van der Waals surface area (Å²) in [5.74, 6) is 0.971. The molecule has 2 aliphatic rings. The van der Waals surface area contributed by atoms with Gasteiger partial charge in [0, 0.05) is 6.54 Å². The van der Waals surface area contributed by atoms with Gasteiger partial charge in [0.15, 0.2) is 0 Å². The summed E-state index contributed by atoms with van der Waals surface area (Å²) in [6, 6.07) is 7.89. The minimum atomic E-state index is -0.0726. The normalized spacial score (nSPS) is 23.5. The van der Waals surface area contributed by atoms with Crippen LogP contribution in [-0.4, -0.2) is 59.2 Å². The molecule has 6 heteroatoms. The third-order valence-electron chi connectivity index (χ3n) is 5.74. The Hall–Kier alpha value is -1.92. The maximum absolute atomic E-state index is 13.0. The zero-order valence-electron chi connectivity index (χ0n) is 14.9. The van der Waals surface area contributed by atoms with Crippen LogP contribution in [0.25, 0.3) is 11.0 Å². The SMILES string of the molecule is CC1C(=O)N(n2cnc3ccccc32)CCN1CCC1CCNCC1. The number of carbonyl (C=O) groups excluding carboxylic acids is 1. The van der Waals surface area contributed by atoms with Crippen molar-refractivity contribution in [2.24, 2.45) is 5.92 Å². The molecule has 134 valence electrons. The number of nitrogens with one attached hydrogen (secondary N) is 1. The van der Waals surface area contributed by atoms with Crippen LogP contribution in [0.15, 0.2) is 30.6 Å². The quantitative estimate of drug-likeness (QED) is 0.918. The van der Waals surface area contributed by atoms with E-state index >= 15 is 0 Å². The van der Waals surface area contributed by atoms with Crippen LogP contribution in [-0.2, 0) is 4.79 Å². The fraction of sp³-hybridized carbons (Fsp3) is 0.579. The standard InChI is InChI=1S/C19H27N5O/c1-15-19(25)23(24-14-21-17-4-2-3-5-18(17)24)13-12-22(15)11-8-16-6-9-20-10-7-16/h2-5,14-16,20H,6-13H2,1H3. The molecule has 25 heavy (non-hydrogen) atoms. The number of hydrogen-bond acceptors (Lipinski definition) is 4. The molecule has 1 aromatic heterocycles. The van der Waals surface area contributed by atoms with Gasteiger partial charge in [-0.05, 0) is 63.9 Å². The Morgan fingerprint density at radius 1 is 1.20 bits per heavy atom. The number of benzene rings is 1. The average Bonchev–Trinajstić information content (AvgIpc) is 3.08. The van der Waals surface area contributed by atoms with Gasteiger partial charge in [0.05, 0.1) is 23.6 Å². The number of carbonyl (C=O) groups is 1. The number of amides is 1.